The van der Waals surface area contributed by atoms with Gasteiger partial charge in [0.25, 0.3) is 20.2 Å². The number of anilines is 2. The highest BCUT2D eigenvalue weighted by Gasteiger charge is 2.22. The summed E-state index contributed by atoms with van der Waals surface area (Å²) in [4.78, 5) is -0.819. The van der Waals surface area contributed by atoms with Gasteiger partial charge in [-0.2, -0.15) is 27.1 Å². The third-order valence-corrected chi connectivity index (χ3v) is 10.2. The summed E-state index contributed by atoms with van der Waals surface area (Å²) >= 11 is 0. The van der Waals surface area contributed by atoms with Crippen LogP contribution in [0.15, 0.2) is 127 Å². The lowest BCUT2D eigenvalue weighted by molar-refractivity contribution is 0.482. The zero-order chi connectivity index (χ0) is 35.8. The highest BCUT2D eigenvalue weighted by molar-refractivity contribution is 7.86. The van der Waals surface area contributed by atoms with E-state index in [0.717, 1.165) is 22.3 Å². The molecule has 0 saturated carbocycles. The van der Waals surface area contributed by atoms with Gasteiger partial charge in [0.1, 0.15) is 21.2 Å². The molecule has 6 rings (SSSR count). The number of fused-ring (bicyclic) bond motifs is 2. The Morgan fingerprint density at radius 1 is 0.540 bits per heavy atom. The van der Waals surface area contributed by atoms with Gasteiger partial charge >= 0.3 is 0 Å². The molecule has 50 heavy (non-hydrogen) atoms. The molecule has 6 aromatic carbocycles. The van der Waals surface area contributed by atoms with Gasteiger partial charge in [-0.3, -0.25) is 9.11 Å². The van der Waals surface area contributed by atoms with Crippen molar-refractivity contribution in [1.29, 1.82) is 0 Å². The van der Waals surface area contributed by atoms with Gasteiger partial charge in [0.05, 0.1) is 22.7 Å². The van der Waals surface area contributed by atoms with Crippen molar-refractivity contribution >= 4 is 75.9 Å². The Balaban J connectivity index is 1.33. The smallest absolute Gasteiger partial charge is 0.297 e. The van der Waals surface area contributed by atoms with Crippen LogP contribution < -0.4 is 11.5 Å². The Kier molecular flexibility index (Phi) is 9.20. The molecule has 6 N–H and O–H groups in total. The van der Waals surface area contributed by atoms with Crippen molar-refractivity contribution < 1.29 is 25.9 Å². The van der Waals surface area contributed by atoms with Crippen molar-refractivity contribution in [2.24, 2.45) is 20.5 Å². The zero-order valence-electron chi connectivity index (χ0n) is 26.9. The number of hydrogen-bond donors (Lipinski definition) is 4. The number of azo groups is 2. The van der Waals surface area contributed by atoms with Crippen LogP contribution in [-0.2, 0) is 33.1 Å². The number of aryl methyl sites for hydroxylation is 2. The first-order valence-electron chi connectivity index (χ1n) is 15.5. The van der Waals surface area contributed by atoms with Gasteiger partial charge in [0.15, 0.2) is 0 Å². The van der Waals surface area contributed by atoms with E-state index in [-0.39, 0.29) is 33.5 Å². The molecule has 0 aromatic heterocycles. The molecule has 0 amide bonds. The Hall–Kier alpha value is -5.54. The second-order valence-corrected chi connectivity index (χ2v) is 14.2. The van der Waals surface area contributed by atoms with Crippen LogP contribution in [0.4, 0.5) is 34.1 Å². The summed E-state index contributed by atoms with van der Waals surface area (Å²) in [7, 11) is -9.27. The van der Waals surface area contributed by atoms with Gasteiger partial charge in [-0.05, 0) is 82.3 Å². The summed E-state index contributed by atoms with van der Waals surface area (Å²) < 4.78 is 68.5. The molecule has 0 atom stereocenters. The Morgan fingerprint density at radius 3 is 1.28 bits per heavy atom. The van der Waals surface area contributed by atoms with E-state index in [2.05, 4.69) is 20.5 Å². The second kappa shape index (κ2) is 13.4. The largest absolute Gasteiger partial charge is 0.396 e. The molecule has 0 radical (unpaired) electrons. The minimum absolute atomic E-state index is 0.108. The van der Waals surface area contributed by atoms with E-state index in [9.17, 15) is 25.9 Å². The average molecular weight is 709 g/mol. The number of nitrogens with zero attached hydrogens (tertiary/aromatic N) is 4. The maximum atomic E-state index is 12.2. The van der Waals surface area contributed by atoms with Crippen molar-refractivity contribution in [2.75, 3.05) is 11.5 Å². The number of nitrogens with two attached hydrogens (primary N) is 2. The van der Waals surface area contributed by atoms with Crippen molar-refractivity contribution in [3.05, 3.63) is 108 Å². The van der Waals surface area contributed by atoms with Crippen LogP contribution in [0.5, 0.6) is 0 Å². The monoisotopic (exact) mass is 708 g/mol. The molecule has 254 valence electrons. The topological polar surface area (TPSA) is 210 Å². The van der Waals surface area contributed by atoms with Crippen LogP contribution >= 0.6 is 0 Å². The maximum absolute atomic E-state index is 12.2. The molecule has 0 fully saturated rings. The Morgan fingerprint density at radius 2 is 0.920 bits per heavy atom. The highest BCUT2D eigenvalue weighted by atomic mass is 32.2. The second-order valence-electron chi connectivity index (χ2n) is 11.5. The van der Waals surface area contributed by atoms with E-state index in [1.807, 2.05) is 38.1 Å². The average Bonchev–Trinajstić information content (AvgIpc) is 3.08. The molecule has 0 bridgehead atoms. The van der Waals surface area contributed by atoms with Gasteiger partial charge in [-0.15, -0.1) is 10.2 Å². The van der Waals surface area contributed by atoms with Gasteiger partial charge in [0.2, 0.25) is 0 Å². The fraction of sp³-hybridized carbons (Fsp3) is 0.111. The third-order valence-electron chi connectivity index (χ3n) is 8.33. The Labute approximate surface area is 288 Å². The van der Waals surface area contributed by atoms with Gasteiger partial charge in [-0.1, -0.05) is 74.5 Å². The summed E-state index contributed by atoms with van der Waals surface area (Å²) in [5, 5.41) is 18.8. The van der Waals surface area contributed by atoms with E-state index < -0.39 is 30.0 Å². The standard InChI is InChI=1S/C36H32N6O6S2/c1-3-21-17-25(39-41-31-19-23-9-5-7-11-29(23)35(33(31)37)49(43,44)45)13-15-27(21)28-16-14-26(18-22(28)4-2)40-42-32-20-24-10-6-8-12-30(24)36(34(32)38)50(46,47)48/h5-20H,3-4,37-38H2,1-2H3,(H,43,44,45)(H,46,47,48). The predicted octanol–water partition coefficient (Wildman–Crippen LogP) is 9.27. The van der Waals surface area contributed by atoms with Crippen molar-refractivity contribution in [3.63, 3.8) is 0 Å². The minimum atomic E-state index is -4.63. The zero-order valence-corrected chi connectivity index (χ0v) is 28.6. The summed E-state index contributed by atoms with van der Waals surface area (Å²) in [6.45, 7) is 4.03. The van der Waals surface area contributed by atoms with E-state index in [4.69, 9.17) is 11.5 Å². The molecular formula is C36H32N6O6S2. The van der Waals surface area contributed by atoms with Crippen molar-refractivity contribution in [1.82, 2.24) is 0 Å². The van der Waals surface area contributed by atoms with Crippen LogP contribution in [-0.4, -0.2) is 25.9 Å². The Bertz CT molecular complexity index is 2420. The summed E-state index contributed by atoms with van der Waals surface area (Å²) in [6, 6.07) is 27.8. The van der Waals surface area contributed by atoms with Crippen LogP contribution in [0, 0.1) is 0 Å². The van der Waals surface area contributed by atoms with Crippen LogP contribution in [0.1, 0.15) is 25.0 Å². The van der Waals surface area contributed by atoms with E-state index in [0.29, 0.717) is 35.0 Å². The first-order valence-corrected chi connectivity index (χ1v) is 18.3. The quantitative estimate of drug-likeness (QED) is 0.0644. The first kappa shape index (κ1) is 34.3. The van der Waals surface area contributed by atoms with E-state index >= 15 is 0 Å². The van der Waals surface area contributed by atoms with Gasteiger partial charge < -0.3 is 11.5 Å². The molecule has 0 unspecified atom stereocenters. The molecule has 0 aliphatic rings. The molecule has 0 aliphatic carbocycles. The fourth-order valence-corrected chi connectivity index (χ4v) is 7.66. The van der Waals surface area contributed by atoms with E-state index in [1.54, 1.807) is 72.8 Å². The lowest BCUT2D eigenvalue weighted by atomic mass is 9.92. The first-order chi connectivity index (χ1) is 23.8. The lowest BCUT2D eigenvalue weighted by Gasteiger charge is -2.14. The predicted molar refractivity (Wildman–Crippen MR) is 195 cm³/mol. The van der Waals surface area contributed by atoms with Crippen LogP contribution in [0.3, 0.4) is 0 Å². The molecular weight excluding hydrogens is 677 g/mol. The SMILES string of the molecule is CCc1cc(N=Nc2cc3ccccc3c(S(=O)(=O)O)c2N)ccc1-c1ccc(N=Nc2cc3ccccc3c(S(=O)(=O)O)c2N)cc1CC. The number of hydrogen-bond acceptors (Lipinski definition) is 10. The molecule has 0 aliphatic heterocycles. The fourth-order valence-electron chi connectivity index (χ4n) is 5.97. The molecule has 0 heterocycles. The lowest BCUT2D eigenvalue weighted by Crippen LogP contribution is -2.04. The maximum Gasteiger partial charge on any atom is 0.297 e. The van der Waals surface area contributed by atoms with Crippen LogP contribution in [0.25, 0.3) is 32.7 Å². The van der Waals surface area contributed by atoms with Crippen molar-refractivity contribution in [2.45, 2.75) is 36.5 Å². The van der Waals surface area contributed by atoms with Gasteiger partial charge in [0, 0.05) is 10.8 Å². The molecule has 14 heteroatoms. The van der Waals surface area contributed by atoms with Crippen LogP contribution in [0.2, 0.25) is 0 Å². The third kappa shape index (κ3) is 6.69. The minimum Gasteiger partial charge on any atom is -0.396 e. The van der Waals surface area contributed by atoms with Crippen molar-refractivity contribution in [3.8, 4) is 11.1 Å². The summed E-state index contributed by atoms with van der Waals surface area (Å²) in [6.07, 6.45) is 1.34. The van der Waals surface area contributed by atoms with Gasteiger partial charge in [-0.25, -0.2) is 0 Å². The molecule has 0 spiro atoms. The summed E-state index contributed by atoms with van der Waals surface area (Å²) in [5.74, 6) is 0. The molecule has 12 nitrogen and oxygen atoms in total. The molecule has 6 aromatic rings. The summed E-state index contributed by atoms with van der Waals surface area (Å²) in [5.41, 5.74) is 17.1. The number of nitrogen functional groups attached to an aromatic ring is 2. The van der Waals surface area contributed by atoms with E-state index in [1.165, 1.54) is 0 Å². The highest BCUT2D eigenvalue weighted by Crippen LogP contribution is 2.40. The number of benzene rings is 6. The number of rotatable bonds is 9. The normalized spacial score (nSPS) is 12.5. The molecule has 0 saturated heterocycles.